The van der Waals surface area contributed by atoms with Gasteiger partial charge in [0.15, 0.2) is 17.5 Å². The number of nitrogens with zero attached hydrogens (tertiary/aromatic N) is 5. The number of benzene rings is 9. The Morgan fingerprint density at radius 2 is 0.891 bits per heavy atom. The van der Waals surface area contributed by atoms with Crippen LogP contribution in [0.25, 0.3) is 126 Å². The van der Waals surface area contributed by atoms with Crippen molar-refractivity contribution in [1.29, 1.82) is 0 Å². The van der Waals surface area contributed by atoms with Crippen LogP contribution in [-0.4, -0.2) is 24.5 Å². The molecular weight excluding hydrogens is 799 g/mol. The summed E-state index contributed by atoms with van der Waals surface area (Å²) in [5.74, 6) is 1.89. The molecule has 13 aromatic rings. The number of thiophene rings is 1. The predicted molar refractivity (Wildman–Crippen MR) is 267 cm³/mol. The molecule has 0 spiro atoms. The van der Waals surface area contributed by atoms with E-state index in [0.717, 1.165) is 66.7 Å². The van der Waals surface area contributed by atoms with E-state index in [1.165, 1.54) is 41.7 Å². The largest absolute Gasteiger partial charge is 0.309 e. The fraction of sp³-hybridized carbons (Fsp3) is 0. The molecule has 0 saturated carbocycles. The average Bonchev–Trinajstić information content (AvgIpc) is 3.92. The summed E-state index contributed by atoms with van der Waals surface area (Å²) in [6.45, 7) is 0. The van der Waals surface area contributed by atoms with Crippen molar-refractivity contribution in [2.24, 2.45) is 0 Å². The lowest BCUT2D eigenvalue weighted by Gasteiger charge is -2.11. The Morgan fingerprint density at radius 3 is 1.69 bits per heavy atom. The summed E-state index contributed by atoms with van der Waals surface area (Å²) in [5, 5.41) is 8.42. The number of hydrogen-bond acceptors (Lipinski definition) is 5. The molecule has 4 aromatic heterocycles. The Hall–Kier alpha value is -8.32. The van der Waals surface area contributed by atoms with E-state index in [-0.39, 0.29) is 0 Å². The lowest BCUT2D eigenvalue weighted by Crippen LogP contribution is -2.00. The van der Waals surface area contributed by atoms with E-state index in [4.69, 9.17) is 19.9 Å². The maximum absolute atomic E-state index is 5.22. The van der Waals surface area contributed by atoms with Crippen molar-refractivity contribution in [1.82, 2.24) is 24.5 Å². The summed E-state index contributed by atoms with van der Waals surface area (Å²) in [4.78, 5) is 20.7. The van der Waals surface area contributed by atoms with Crippen molar-refractivity contribution >= 4 is 75.0 Å². The molecule has 0 amide bonds. The zero-order valence-electron chi connectivity index (χ0n) is 34.4. The third kappa shape index (κ3) is 5.92. The Bertz CT molecular complexity index is 3950. The van der Waals surface area contributed by atoms with E-state index < -0.39 is 0 Å². The fourth-order valence-corrected chi connectivity index (χ4v) is 10.7. The first kappa shape index (κ1) is 36.3. The van der Waals surface area contributed by atoms with E-state index in [1.807, 2.05) is 29.5 Å². The summed E-state index contributed by atoms with van der Waals surface area (Å²) in [6.07, 6.45) is 0. The van der Waals surface area contributed by atoms with Gasteiger partial charge in [-0.1, -0.05) is 152 Å². The molecule has 0 bridgehead atoms. The highest BCUT2D eigenvalue weighted by Crippen LogP contribution is 2.44. The molecule has 64 heavy (non-hydrogen) atoms. The molecule has 0 aliphatic rings. The first-order valence-corrected chi connectivity index (χ1v) is 22.3. The van der Waals surface area contributed by atoms with Crippen LogP contribution in [0.3, 0.4) is 0 Å². The Labute approximate surface area is 372 Å². The summed E-state index contributed by atoms with van der Waals surface area (Å²) >= 11 is 1.86. The molecular formula is C58H35N5S. The van der Waals surface area contributed by atoms with Crippen LogP contribution in [0.4, 0.5) is 0 Å². The molecule has 6 heteroatoms. The van der Waals surface area contributed by atoms with Gasteiger partial charge in [0.1, 0.15) is 0 Å². The molecule has 0 radical (unpaired) electrons. The van der Waals surface area contributed by atoms with Gasteiger partial charge < -0.3 is 4.57 Å². The molecule has 0 fully saturated rings. The van der Waals surface area contributed by atoms with E-state index in [9.17, 15) is 0 Å². The molecule has 0 atom stereocenters. The Balaban J connectivity index is 0.944. The molecule has 0 N–H and O–H groups in total. The highest BCUT2D eigenvalue weighted by Gasteiger charge is 2.19. The zero-order chi connectivity index (χ0) is 42.1. The van der Waals surface area contributed by atoms with Gasteiger partial charge in [0.2, 0.25) is 0 Å². The summed E-state index contributed by atoms with van der Waals surface area (Å²) in [6, 6.07) is 74.9. The molecule has 0 unspecified atom stereocenters. The number of hydrogen-bond donors (Lipinski definition) is 0. The van der Waals surface area contributed by atoms with Crippen molar-refractivity contribution in [3.8, 4) is 62.2 Å². The average molecular weight is 834 g/mol. The van der Waals surface area contributed by atoms with E-state index >= 15 is 0 Å². The molecule has 0 aliphatic heterocycles. The van der Waals surface area contributed by atoms with Crippen molar-refractivity contribution in [3.63, 3.8) is 0 Å². The van der Waals surface area contributed by atoms with E-state index in [2.05, 4.69) is 199 Å². The maximum atomic E-state index is 5.22. The van der Waals surface area contributed by atoms with Crippen LogP contribution in [0.1, 0.15) is 0 Å². The van der Waals surface area contributed by atoms with Crippen LogP contribution in [-0.2, 0) is 0 Å². The van der Waals surface area contributed by atoms with Crippen LogP contribution in [0.15, 0.2) is 212 Å². The smallest absolute Gasteiger partial charge is 0.164 e. The van der Waals surface area contributed by atoms with E-state index in [0.29, 0.717) is 17.5 Å². The normalized spacial score (nSPS) is 11.8. The first-order valence-electron chi connectivity index (χ1n) is 21.5. The second-order valence-corrected chi connectivity index (χ2v) is 17.2. The van der Waals surface area contributed by atoms with Gasteiger partial charge in [0.05, 0.1) is 22.2 Å². The number of pyridine rings is 1. The van der Waals surface area contributed by atoms with Gasteiger partial charge in [0.25, 0.3) is 0 Å². The molecule has 298 valence electrons. The lowest BCUT2D eigenvalue weighted by atomic mass is 9.97. The highest BCUT2D eigenvalue weighted by molar-refractivity contribution is 7.26. The minimum Gasteiger partial charge on any atom is -0.309 e. The van der Waals surface area contributed by atoms with Gasteiger partial charge in [0, 0.05) is 75.0 Å². The summed E-state index contributed by atoms with van der Waals surface area (Å²) < 4.78 is 4.86. The van der Waals surface area contributed by atoms with Gasteiger partial charge in [-0.3, -0.25) is 0 Å². The third-order valence-electron chi connectivity index (χ3n) is 12.4. The fourth-order valence-electron chi connectivity index (χ4n) is 9.42. The van der Waals surface area contributed by atoms with Crippen molar-refractivity contribution in [2.45, 2.75) is 0 Å². The Kier molecular flexibility index (Phi) is 8.32. The molecule has 5 nitrogen and oxygen atoms in total. The summed E-state index contributed by atoms with van der Waals surface area (Å²) in [5.41, 5.74) is 11.6. The Morgan fingerprint density at radius 1 is 0.328 bits per heavy atom. The highest BCUT2D eigenvalue weighted by atomic mass is 32.1. The van der Waals surface area contributed by atoms with Crippen LogP contribution in [0.5, 0.6) is 0 Å². The SMILES string of the molecule is c1ccc(-c2nc(-c3cccc(-c4ccc5sc6c(ccc7c(-c8ccccc8)nc8ccccc8c76)c5c4)c3)nc(-c3ccc4c(c3)c3ccccc3n4-c3ccccc3)n2)cc1. The van der Waals surface area contributed by atoms with Crippen LogP contribution < -0.4 is 0 Å². The number of aromatic nitrogens is 5. The molecule has 13 rings (SSSR count). The predicted octanol–water partition coefficient (Wildman–Crippen LogP) is 15.4. The van der Waals surface area contributed by atoms with Crippen molar-refractivity contribution in [2.75, 3.05) is 0 Å². The minimum atomic E-state index is 0.626. The number of rotatable bonds is 6. The zero-order valence-corrected chi connectivity index (χ0v) is 35.2. The van der Waals surface area contributed by atoms with Crippen molar-refractivity contribution < 1.29 is 0 Å². The quantitative estimate of drug-likeness (QED) is 0.157. The lowest BCUT2D eigenvalue weighted by molar-refractivity contribution is 1.07. The first-order chi connectivity index (χ1) is 31.7. The minimum absolute atomic E-state index is 0.626. The molecule has 4 heterocycles. The second kappa shape index (κ2) is 14.7. The second-order valence-electron chi connectivity index (χ2n) is 16.2. The third-order valence-corrected chi connectivity index (χ3v) is 13.6. The van der Waals surface area contributed by atoms with Gasteiger partial charge in [-0.15, -0.1) is 11.3 Å². The standard InChI is InChI=1S/C58H35N5S/c1-4-15-36(16-5-1)54-46-30-29-44-48-34-39(28-32-52(48)64-55(44)53(46)45-24-10-12-25-49(45)59-54)38-19-14-20-40(33-38)57-60-56(37-17-6-2-7-18-37)61-58(62-57)41-27-31-51-47(35-41)43-23-11-13-26-50(43)63(51)42-21-8-3-9-22-42/h1-35H. The van der Waals surface area contributed by atoms with Crippen molar-refractivity contribution in [3.05, 3.63) is 212 Å². The van der Waals surface area contributed by atoms with Crippen LogP contribution >= 0.6 is 11.3 Å². The number of para-hydroxylation sites is 3. The van der Waals surface area contributed by atoms with Crippen LogP contribution in [0, 0.1) is 0 Å². The summed E-state index contributed by atoms with van der Waals surface area (Å²) in [7, 11) is 0. The van der Waals surface area contributed by atoms with Gasteiger partial charge >= 0.3 is 0 Å². The van der Waals surface area contributed by atoms with E-state index in [1.54, 1.807) is 0 Å². The van der Waals surface area contributed by atoms with Gasteiger partial charge in [-0.05, 0) is 71.8 Å². The topological polar surface area (TPSA) is 56.5 Å². The molecule has 9 aromatic carbocycles. The van der Waals surface area contributed by atoms with Gasteiger partial charge in [-0.2, -0.15) is 0 Å². The molecule has 0 saturated heterocycles. The molecule has 0 aliphatic carbocycles. The van der Waals surface area contributed by atoms with Crippen LogP contribution in [0.2, 0.25) is 0 Å². The monoisotopic (exact) mass is 833 g/mol. The maximum Gasteiger partial charge on any atom is 0.164 e. The number of fused-ring (bicyclic) bond motifs is 10. The van der Waals surface area contributed by atoms with Gasteiger partial charge in [-0.25, -0.2) is 19.9 Å².